The van der Waals surface area contributed by atoms with Crippen LogP contribution >= 0.6 is 28.7 Å². The summed E-state index contributed by atoms with van der Waals surface area (Å²) in [5.41, 5.74) is 6.31. The van der Waals surface area contributed by atoms with E-state index < -0.39 is 7.15 Å². The number of halogens is 2. The van der Waals surface area contributed by atoms with Gasteiger partial charge in [-0.1, -0.05) is 61.8 Å². The second-order valence-electron chi connectivity index (χ2n) is 9.66. The molecule has 7 heteroatoms. The third-order valence-corrected chi connectivity index (χ3v) is 8.07. The van der Waals surface area contributed by atoms with Crippen molar-refractivity contribution in [3.63, 3.8) is 0 Å². The third-order valence-electron chi connectivity index (χ3n) is 7.58. The topological polar surface area (TPSA) is 18.8 Å². The van der Waals surface area contributed by atoms with Gasteiger partial charge >= 0.3 is 24.8 Å². The second-order valence-corrected chi connectivity index (χ2v) is 10.8. The van der Waals surface area contributed by atoms with Gasteiger partial charge in [-0.05, 0) is 63.1 Å². The molecule has 0 amide bonds. The number of benzene rings is 2. The number of hydrogen-bond acceptors (Lipinski definition) is 4. The maximum atomic E-state index is 9.96. The molecule has 2 heterocycles. The zero-order valence-corrected chi connectivity index (χ0v) is 24.4. The Morgan fingerprint density at radius 2 is 1.38 bits per heavy atom. The van der Waals surface area contributed by atoms with Crippen LogP contribution in [0.4, 0.5) is 15.8 Å². The number of fused-ring (bicyclic) bond motifs is 2. The molecule has 2 aliphatic rings. The molecular formula is C27H41BBrFN3S. The van der Waals surface area contributed by atoms with Gasteiger partial charge in [-0.15, -0.1) is 0 Å². The Hall–Kier alpha value is -1.34. The summed E-state index contributed by atoms with van der Waals surface area (Å²) in [6.45, 7) is 20.6. The van der Waals surface area contributed by atoms with Crippen molar-refractivity contribution in [3.05, 3.63) is 58.1 Å². The molecule has 2 aromatic carbocycles. The van der Waals surface area contributed by atoms with Crippen molar-refractivity contribution < 1.29 is 5.76 Å². The molecule has 187 valence electrons. The Bertz CT molecular complexity index is 960. The summed E-state index contributed by atoms with van der Waals surface area (Å²) in [4.78, 5) is 4.98. The van der Waals surface area contributed by atoms with Gasteiger partial charge in [-0.25, -0.2) is 0 Å². The summed E-state index contributed by atoms with van der Waals surface area (Å²) in [6, 6.07) is 16.6. The van der Waals surface area contributed by atoms with Gasteiger partial charge in [0.25, 0.3) is 0 Å². The summed E-state index contributed by atoms with van der Waals surface area (Å²) < 4.78 is 19.4. The molecule has 34 heavy (non-hydrogen) atoms. The van der Waals surface area contributed by atoms with Crippen molar-refractivity contribution in [2.24, 2.45) is 4.30 Å². The molecule has 0 N–H and O–H groups in total. The summed E-state index contributed by atoms with van der Waals surface area (Å²) in [6.07, 6.45) is 0. The van der Waals surface area contributed by atoms with Crippen molar-refractivity contribution in [2.45, 2.75) is 78.3 Å². The van der Waals surface area contributed by atoms with E-state index in [4.69, 9.17) is 1.37 Å². The molecule has 2 atom stereocenters. The Balaban J connectivity index is 0.000000287. The molecule has 3 nitrogen and oxygen atoms in total. The van der Waals surface area contributed by atoms with Crippen LogP contribution in [0, 0.1) is 0 Å². The zero-order valence-electron chi connectivity index (χ0n) is 22.9. The van der Waals surface area contributed by atoms with Gasteiger partial charge in [0.1, 0.15) is 0 Å². The van der Waals surface area contributed by atoms with E-state index in [1.165, 1.54) is 27.0 Å². The fourth-order valence-corrected chi connectivity index (χ4v) is 5.44. The molecule has 4 rings (SSSR count). The predicted molar refractivity (Wildman–Crippen MR) is 156 cm³/mol. The van der Waals surface area contributed by atoms with E-state index >= 15 is 0 Å². The minimum absolute atomic E-state index is 0.245. The van der Waals surface area contributed by atoms with Crippen LogP contribution in [0.15, 0.2) is 51.2 Å². The molecule has 0 bridgehead atoms. The fourth-order valence-electron chi connectivity index (χ4n) is 5.08. The van der Waals surface area contributed by atoms with Crippen molar-refractivity contribution in [1.29, 1.82) is 0 Å². The van der Waals surface area contributed by atoms with E-state index in [0.717, 1.165) is 13.1 Å². The van der Waals surface area contributed by atoms with Crippen molar-refractivity contribution in [1.82, 2.24) is 0 Å². The maximum absolute atomic E-state index is 9.96. The number of nitrogens with zero attached hydrogens (tertiary/aromatic N) is 3. The Kier molecular flexibility index (Phi) is 11.1. The first-order valence-corrected chi connectivity index (χ1v) is 12.9. The van der Waals surface area contributed by atoms with Gasteiger partial charge in [-0.3, -0.25) is 4.39 Å². The van der Waals surface area contributed by atoms with E-state index in [9.17, 15) is 4.39 Å². The van der Waals surface area contributed by atoms with E-state index in [0.29, 0.717) is 12.1 Å². The number of alkyl halides is 1. The molecule has 2 aromatic rings. The number of hydrogen-bond donors (Lipinski definition) is 1. The molecule has 0 spiro atoms. The van der Waals surface area contributed by atoms with Gasteiger partial charge in [0.2, 0.25) is 0 Å². The summed E-state index contributed by atoms with van der Waals surface area (Å²) >= 11 is 6.75. The average Bonchev–Trinajstić information content (AvgIpc) is 3.13. The molecule has 0 aliphatic carbocycles. The van der Waals surface area contributed by atoms with Crippen molar-refractivity contribution >= 4 is 47.8 Å². The first kappa shape index (κ1) is 28.9. The molecule has 0 saturated heterocycles. The number of rotatable bonds is 2. The van der Waals surface area contributed by atoms with Crippen LogP contribution in [0.3, 0.4) is 0 Å². The molecular weight excluding hydrogens is 508 g/mol. The minimum atomic E-state index is -1.00. The van der Waals surface area contributed by atoms with Crippen molar-refractivity contribution in [3.8, 4) is 0 Å². The first-order valence-electron chi connectivity index (χ1n) is 12.4. The van der Waals surface area contributed by atoms with E-state index in [2.05, 4.69) is 148 Å². The summed E-state index contributed by atoms with van der Waals surface area (Å²) in [5, 5.41) is 0. The standard InChI is InChI=1S/C13H18BrN.C13H19N.CH3F.BHNS/c1-5-15-9(2)13(3,4)11-8-10(14)6-7-12(11)15;1-5-14-10(2)13(3,4)11-8-6-7-9-12(11)14;1-2;1-2-3/h6-9H,5H2,1-4H3;6-10H,5H2,1-4H3;1H3;3H/i;;1D;. The van der Waals surface area contributed by atoms with Gasteiger partial charge in [-0.2, -0.15) is 0 Å². The van der Waals surface area contributed by atoms with E-state index in [1.807, 2.05) is 0 Å². The number of likely N-dealkylation sites (N-methyl/N-ethyl adjacent to an activating group) is 2. The number of para-hydroxylation sites is 1. The Labute approximate surface area is 223 Å². The monoisotopic (exact) mass is 549 g/mol. The zero-order chi connectivity index (χ0) is 27.0. The predicted octanol–water partition coefficient (Wildman–Crippen LogP) is 7.92. The Morgan fingerprint density at radius 3 is 1.85 bits per heavy atom. The summed E-state index contributed by atoms with van der Waals surface area (Å²) in [5.74, 6) is 0. The third kappa shape index (κ3) is 6.07. The molecule has 0 aromatic heterocycles. The number of anilines is 2. The second kappa shape index (κ2) is 13.1. The van der Waals surface area contributed by atoms with E-state index in [-0.39, 0.29) is 10.8 Å². The van der Waals surface area contributed by atoms with Gasteiger partial charge in [0.15, 0.2) is 0 Å². The van der Waals surface area contributed by atoms with Crippen LogP contribution in [0.1, 0.15) is 67.9 Å². The van der Waals surface area contributed by atoms with Gasteiger partial charge in [0, 0.05) is 51.9 Å². The van der Waals surface area contributed by atoms with Gasteiger partial charge in [0.05, 0.1) is 8.52 Å². The molecule has 0 saturated carbocycles. The van der Waals surface area contributed by atoms with Crippen LogP contribution in [0.25, 0.3) is 0 Å². The van der Waals surface area contributed by atoms with Crippen molar-refractivity contribution in [2.75, 3.05) is 30.0 Å². The molecule has 2 unspecified atom stereocenters. The van der Waals surface area contributed by atoms with Crippen LogP contribution in [0.5, 0.6) is 0 Å². The first-order chi connectivity index (χ1) is 16.4. The summed E-state index contributed by atoms with van der Waals surface area (Å²) in [7, 11) is 3.34. The van der Waals surface area contributed by atoms with Crippen LogP contribution in [0.2, 0.25) is 0 Å². The average molecular weight is 550 g/mol. The normalized spacial score (nSPS) is 20.8. The molecule has 2 aliphatic heterocycles. The van der Waals surface area contributed by atoms with Crippen LogP contribution < -0.4 is 9.80 Å². The fraction of sp³-hybridized carbons (Fsp3) is 0.556. The SMILES string of the molecule is CCN1c2ccc(Br)cc2C(C)(C)C1C.CCN1c2ccccc2C(C)(C)C1C.[2H]CF.[B]=NS. The van der Waals surface area contributed by atoms with Crippen LogP contribution in [-0.2, 0) is 10.8 Å². The Morgan fingerprint density at radius 1 is 0.971 bits per heavy atom. The molecule has 0 fully saturated rings. The number of thiol groups is 1. The van der Waals surface area contributed by atoms with Crippen LogP contribution in [-0.4, -0.2) is 40.0 Å². The van der Waals surface area contributed by atoms with Gasteiger partial charge < -0.3 is 9.80 Å². The quantitative estimate of drug-likeness (QED) is 0.303. The molecule has 1 radical (unpaired) electrons. The van der Waals surface area contributed by atoms with E-state index in [1.54, 1.807) is 0 Å².